The van der Waals surface area contributed by atoms with Crippen LogP contribution in [0.1, 0.15) is 36.1 Å². The van der Waals surface area contributed by atoms with E-state index in [0.717, 1.165) is 64.5 Å². The standard InChI is InChI=1S/C19H29N5O3/c1-3-22-8-10-24(11-9-22)18(25)16-14-17(21-15(2)20-16)23-6-4-19(5-7-23)26-12-13-27-19/h14H,3-13H2,1-2H3. The monoisotopic (exact) mass is 375 g/mol. The van der Waals surface area contributed by atoms with Crippen molar-refractivity contribution in [2.45, 2.75) is 32.5 Å². The van der Waals surface area contributed by atoms with Crippen LogP contribution in [0.3, 0.4) is 0 Å². The fourth-order valence-electron chi connectivity index (χ4n) is 4.11. The maximum absolute atomic E-state index is 12.9. The van der Waals surface area contributed by atoms with Crippen molar-refractivity contribution in [3.8, 4) is 0 Å². The lowest BCUT2D eigenvalue weighted by Crippen LogP contribution is -2.48. The highest BCUT2D eigenvalue weighted by Crippen LogP contribution is 2.32. The number of hydrogen-bond acceptors (Lipinski definition) is 7. The highest BCUT2D eigenvalue weighted by Gasteiger charge is 2.40. The highest BCUT2D eigenvalue weighted by atomic mass is 16.7. The van der Waals surface area contributed by atoms with Gasteiger partial charge >= 0.3 is 0 Å². The summed E-state index contributed by atoms with van der Waals surface area (Å²) < 4.78 is 11.6. The maximum atomic E-state index is 12.9. The zero-order valence-corrected chi connectivity index (χ0v) is 16.3. The van der Waals surface area contributed by atoms with Crippen LogP contribution in [0.4, 0.5) is 5.82 Å². The van der Waals surface area contributed by atoms with E-state index in [9.17, 15) is 4.79 Å². The quantitative estimate of drug-likeness (QED) is 0.777. The van der Waals surface area contributed by atoms with E-state index in [1.54, 1.807) is 0 Å². The lowest BCUT2D eigenvalue weighted by Gasteiger charge is -2.38. The summed E-state index contributed by atoms with van der Waals surface area (Å²) in [6.07, 6.45) is 1.64. The second-order valence-corrected chi connectivity index (χ2v) is 7.48. The largest absolute Gasteiger partial charge is 0.356 e. The Morgan fingerprint density at radius 1 is 1.07 bits per heavy atom. The number of carbonyl (C=O) groups is 1. The molecule has 0 radical (unpaired) electrons. The van der Waals surface area contributed by atoms with E-state index >= 15 is 0 Å². The molecule has 8 nitrogen and oxygen atoms in total. The second-order valence-electron chi connectivity index (χ2n) is 7.48. The smallest absolute Gasteiger partial charge is 0.272 e. The predicted octanol–water partition coefficient (Wildman–Crippen LogP) is 0.906. The minimum atomic E-state index is -0.407. The van der Waals surface area contributed by atoms with E-state index in [1.807, 2.05) is 17.9 Å². The number of ether oxygens (including phenoxy) is 2. The number of rotatable bonds is 3. The molecule has 148 valence electrons. The Hall–Kier alpha value is -1.77. The summed E-state index contributed by atoms with van der Waals surface area (Å²) in [6, 6.07) is 1.84. The fraction of sp³-hybridized carbons (Fsp3) is 0.737. The molecule has 27 heavy (non-hydrogen) atoms. The Labute approximate surface area is 160 Å². The molecule has 0 saturated carbocycles. The molecule has 0 atom stereocenters. The third-order valence-corrected chi connectivity index (χ3v) is 5.81. The Morgan fingerprint density at radius 2 is 1.74 bits per heavy atom. The fourth-order valence-corrected chi connectivity index (χ4v) is 4.11. The van der Waals surface area contributed by atoms with E-state index in [0.29, 0.717) is 24.7 Å². The van der Waals surface area contributed by atoms with Gasteiger partial charge in [0.05, 0.1) is 13.2 Å². The molecule has 0 N–H and O–H groups in total. The molecule has 3 aliphatic rings. The first-order valence-corrected chi connectivity index (χ1v) is 9.99. The number of nitrogens with zero attached hydrogens (tertiary/aromatic N) is 5. The molecule has 0 bridgehead atoms. The van der Waals surface area contributed by atoms with Gasteiger partial charge in [0.1, 0.15) is 17.3 Å². The van der Waals surface area contributed by atoms with Gasteiger partial charge in [-0.15, -0.1) is 0 Å². The van der Waals surface area contributed by atoms with Gasteiger partial charge in [-0.2, -0.15) is 0 Å². The van der Waals surface area contributed by atoms with E-state index in [2.05, 4.69) is 26.7 Å². The van der Waals surface area contributed by atoms with Crippen LogP contribution in [0.5, 0.6) is 0 Å². The predicted molar refractivity (Wildman–Crippen MR) is 101 cm³/mol. The molecule has 0 unspecified atom stereocenters. The number of likely N-dealkylation sites (N-methyl/N-ethyl adjacent to an activating group) is 1. The van der Waals surface area contributed by atoms with E-state index in [1.165, 1.54) is 0 Å². The third-order valence-electron chi connectivity index (χ3n) is 5.81. The molecule has 3 saturated heterocycles. The van der Waals surface area contributed by atoms with Gasteiger partial charge in [-0.1, -0.05) is 6.92 Å². The van der Waals surface area contributed by atoms with Crippen molar-refractivity contribution in [3.63, 3.8) is 0 Å². The van der Waals surface area contributed by atoms with Gasteiger partial charge in [0.15, 0.2) is 5.79 Å². The second kappa shape index (κ2) is 7.69. The van der Waals surface area contributed by atoms with Gasteiger partial charge in [0.25, 0.3) is 5.91 Å². The van der Waals surface area contributed by atoms with Gasteiger partial charge in [-0.25, -0.2) is 9.97 Å². The average Bonchev–Trinajstić information content (AvgIpc) is 3.15. The number of aryl methyl sites for hydroxylation is 1. The molecule has 3 fully saturated rings. The average molecular weight is 375 g/mol. The lowest BCUT2D eigenvalue weighted by atomic mass is 10.0. The summed E-state index contributed by atoms with van der Waals surface area (Å²) >= 11 is 0. The van der Waals surface area contributed by atoms with E-state index < -0.39 is 5.79 Å². The van der Waals surface area contributed by atoms with Crippen LogP contribution in [-0.2, 0) is 9.47 Å². The summed E-state index contributed by atoms with van der Waals surface area (Å²) in [5, 5.41) is 0. The number of amides is 1. The Bertz CT molecular complexity index is 674. The van der Waals surface area contributed by atoms with Crippen molar-refractivity contribution >= 4 is 11.7 Å². The molecule has 8 heteroatoms. The van der Waals surface area contributed by atoms with Gasteiger partial charge in [0, 0.05) is 58.2 Å². The van der Waals surface area contributed by atoms with Crippen molar-refractivity contribution in [3.05, 3.63) is 17.6 Å². The zero-order chi connectivity index (χ0) is 18.9. The molecule has 4 heterocycles. The first kappa shape index (κ1) is 18.6. The summed E-state index contributed by atoms with van der Waals surface area (Å²) in [6.45, 7) is 11.4. The number of aromatic nitrogens is 2. The number of piperidine rings is 1. The van der Waals surface area contributed by atoms with Crippen molar-refractivity contribution in [2.75, 3.05) is 63.9 Å². The summed E-state index contributed by atoms with van der Waals surface area (Å²) in [4.78, 5) is 28.4. The molecule has 4 rings (SSSR count). The number of hydrogen-bond donors (Lipinski definition) is 0. The van der Waals surface area contributed by atoms with Crippen molar-refractivity contribution < 1.29 is 14.3 Å². The van der Waals surface area contributed by atoms with Gasteiger partial charge in [0.2, 0.25) is 0 Å². The van der Waals surface area contributed by atoms with E-state index in [-0.39, 0.29) is 5.91 Å². The molecule has 1 amide bonds. The van der Waals surface area contributed by atoms with Crippen LogP contribution in [0.15, 0.2) is 6.07 Å². The molecular weight excluding hydrogens is 346 g/mol. The summed E-state index contributed by atoms with van der Waals surface area (Å²) in [5.74, 6) is 1.06. The number of piperazine rings is 1. The molecule has 3 aliphatic heterocycles. The first-order chi connectivity index (χ1) is 13.1. The Morgan fingerprint density at radius 3 is 2.37 bits per heavy atom. The zero-order valence-electron chi connectivity index (χ0n) is 16.3. The highest BCUT2D eigenvalue weighted by molar-refractivity contribution is 5.93. The summed E-state index contributed by atoms with van der Waals surface area (Å²) in [7, 11) is 0. The first-order valence-electron chi connectivity index (χ1n) is 9.99. The van der Waals surface area contributed by atoms with Crippen molar-refractivity contribution in [2.24, 2.45) is 0 Å². The topological polar surface area (TPSA) is 71.0 Å². The molecule has 1 aromatic rings. The van der Waals surface area contributed by atoms with Crippen LogP contribution < -0.4 is 4.90 Å². The molecular formula is C19H29N5O3. The van der Waals surface area contributed by atoms with E-state index in [4.69, 9.17) is 9.47 Å². The lowest BCUT2D eigenvalue weighted by molar-refractivity contribution is -0.169. The maximum Gasteiger partial charge on any atom is 0.272 e. The van der Waals surface area contributed by atoms with Crippen molar-refractivity contribution in [1.82, 2.24) is 19.8 Å². The minimum Gasteiger partial charge on any atom is -0.356 e. The van der Waals surface area contributed by atoms with Crippen LogP contribution in [0.25, 0.3) is 0 Å². The molecule has 1 spiro atoms. The van der Waals surface area contributed by atoms with Crippen LogP contribution in [-0.4, -0.2) is 90.5 Å². The number of carbonyl (C=O) groups excluding carboxylic acids is 1. The van der Waals surface area contributed by atoms with Crippen LogP contribution >= 0.6 is 0 Å². The van der Waals surface area contributed by atoms with Crippen LogP contribution in [0, 0.1) is 6.92 Å². The van der Waals surface area contributed by atoms with Gasteiger partial charge < -0.3 is 24.2 Å². The Kier molecular flexibility index (Phi) is 5.29. The minimum absolute atomic E-state index is 0.00782. The third kappa shape index (κ3) is 3.93. The molecule has 1 aromatic heterocycles. The molecule has 0 aliphatic carbocycles. The molecule has 0 aromatic carbocycles. The van der Waals surface area contributed by atoms with Crippen LogP contribution in [0.2, 0.25) is 0 Å². The number of anilines is 1. The van der Waals surface area contributed by atoms with Crippen molar-refractivity contribution in [1.29, 1.82) is 0 Å². The van der Waals surface area contributed by atoms with Gasteiger partial charge in [-0.05, 0) is 13.5 Å². The normalized spacial score (nSPS) is 23.2. The Balaban J connectivity index is 1.45. The van der Waals surface area contributed by atoms with Gasteiger partial charge in [-0.3, -0.25) is 4.79 Å². The summed E-state index contributed by atoms with van der Waals surface area (Å²) in [5.41, 5.74) is 0.496. The SMILES string of the molecule is CCN1CCN(C(=O)c2cc(N3CCC4(CC3)OCCO4)nc(C)n2)CC1.